The van der Waals surface area contributed by atoms with E-state index in [1.165, 1.54) is 6.07 Å². The van der Waals surface area contributed by atoms with E-state index in [0.29, 0.717) is 11.3 Å². The minimum atomic E-state index is -0.745. The molecule has 0 aliphatic heterocycles. The lowest BCUT2D eigenvalue weighted by Crippen LogP contribution is -2.46. The van der Waals surface area contributed by atoms with Crippen LogP contribution >= 0.6 is 0 Å². The van der Waals surface area contributed by atoms with E-state index in [1.54, 1.807) is 49.4 Å². The second-order valence-electron chi connectivity index (χ2n) is 5.00. The highest BCUT2D eigenvalue weighted by molar-refractivity contribution is 5.93. The Morgan fingerprint density at radius 1 is 1.04 bits per heavy atom. The van der Waals surface area contributed by atoms with E-state index < -0.39 is 18.0 Å². The van der Waals surface area contributed by atoms with Crippen molar-refractivity contribution < 1.29 is 14.0 Å². The molecule has 0 saturated carbocycles. The van der Waals surface area contributed by atoms with Gasteiger partial charge in [0.05, 0.1) is 0 Å². The lowest BCUT2D eigenvalue weighted by molar-refractivity contribution is -0.122. The van der Waals surface area contributed by atoms with Gasteiger partial charge in [-0.25, -0.2) is 9.18 Å². The molecule has 0 bridgehead atoms. The average Bonchev–Trinajstić information content (AvgIpc) is 2.54. The zero-order valence-corrected chi connectivity index (χ0v) is 12.7. The average molecular weight is 315 g/mol. The summed E-state index contributed by atoms with van der Waals surface area (Å²) >= 11 is 0. The highest BCUT2D eigenvalue weighted by Gasteiger charge is 2.15. The quantitative estimate of drug-likeness (QED) is 0.794. The summed E-state index contributed by atoms with van der Waals surface area (Å²) in [5.74, 6) is -0.772. The lowest BCUT2D eigenvalue weighted by atomic mass is 10.2. The summed E-state index contributed by atoms with van der Waals surface area (Å²) in [6, 6.07) is 13.9. The number of carbonyl (C=O) groups is 2. The second-order valence-corrected chi connectivity index (χ2v) is 5.00. The van der Waals surface area contributed by atoms with Gasteiger partial charge in [-0.3, -0.25) is 4.79 Å². The molecule has 23 heavy (non-hydrogen) atoms. The molecule has 120 valence electrons. The third kappa shape index (κ3) is 5.10. The number of anilines is 1. The molecule has 5 nitrogen and oxygen atoms in total. The molecule has 0 aliphatic rings. The second kappa shape index (κ2) is 7.93. The standard InChI is InChI=1S/C17H18FN3O2/c1-12(20-17(23)21-14-8-3-2-4-9-14)16(22)19-11-13-7-5-6-10-15(13)18/h2-10,12H,11H2,1H3,(H,19,22)(H2,20,21,23)/t12-/m1/s1. The molecule has 1 atom stereocenters. The molecule has 0 spiro atoms. The van der Waals surface area contributed by atoms with Crippen LogP contribution in [-0.4, -0.2) is 18.0 Å². The Balaban J connectivity index is 1.80. The smallest absolute Gasteiger partial charge is 0.319 e. The largest absolute Gasteiger partial charge is 0.350 e. The minimum absolute atomic E-state index is 0.0673. The van der Waals surface area contributed by atoms with Crippen molar-refractivity contribution in [2.75, 3.05) is 5.32 Å². The monoisotopic (exact) mass is 315 g/mol. The van der Waals surface area contributed by atoms with Crippen LogP contribution in [0.1, 0.15) is 12.5 Å². The van der Waals surface area contributed by atoms with Crippen LogP contribution in [0.4, 0.5) is 14.9 Å². The zero-order chi connectivity index (χ0) is 16.7. The van der Waals surface area contributed by atoms with Crippen molar-refractivity contribution in [3.63, 3.8) is 0 Å². The van der Waals surface area contributed by atoms with Gasteiger partial charge in [-0.1, -0.05) is 36.4 Å². The van der Waals surface area contributed by atoms with Crippen molar-refractivity contribution in [2.45, 2.75) is 19.5 Å². The summed E-state index contributed by atoms with van der Waals surface area (Å²) in [7, 11) is 0. The Morgan fingerprint density at radius 2 is 1.70 bits per heavy atom. The van der Waals surface area contributed by atoms with Crippen molar-refractivity contribution in [3.05, 3.63) is 66.0 Å². The Kier molecular flexibility index (Phi) is 5.68. The van der Waals surface area contributed by atoms with Crippen LogP contribution in [0.5, 0.6) is 0 Å². The molecule has 0 heterocycles. The molecule has 0 unspecified atom stereocenters. The van der Waals surface area contributed by atoms with Crippen molar-refractivity contribution in [2.24, 2.45) is 0 Å². The Bertz CT molecular complexity index is 677. The summed E-state index contributed by atoms with van der Waals surface area (Å²) < 4.78 is 13.5. The lowest BCUT2D eigenvalue weighted by Gasteiger charge is -2.15. The molecular formula is C17H18FN3O2. The summed E-state index contributed by atoms with van der Waals surface area (Å²) in [5, 5.41) is 7.73. The zero-order valence-electron chi connectivity index (χ0n) is 12.7. The summed E-state index contributed by atoms with van der Waals surface area (Å²) in [4.78, 5) is 23.7. The van der Waals surface area contributed by atoms with Crippen molar-refractivity contribution in [1.29, 1.82) is 0 Å². The number of amides is 3. The molecule has 2 aromatic carbocycles. The molecule has 3 amide bonds. The Labute approximate surface area is 133 Å². The van der Waals surface area contributed by atoms with Gasteiger partial charge in [-0.15, -0.1) is 0 Å². The number of nitrogens with one attached hydrogen (secondary N) is 3. The van der Waals surface area contributed by atoms with Gasteiger partial charge in [0.2, 0.25) is 5.91 Å². The van der Waals surface area contributed by atoms with Crippen LogP contribution in [0.15, 0.2) is 54.6 Å². The third-order valence-corrected chi connectivity index (χ3v) is 3.18. The molecule has 0 radical (unpaired) electrons. The third-order valence-electron chi connectivity index (χ3n) is 3.18. The first-order chi connectivity index (χ1) is 11.1. The van der Waals surface area contributed by atoms with Gasteiger partial charge in [-0.2, -0.15) is 0 Å². The van der Waals surface area contributed by atoms with Gasteiger partial charge in [0.1, 0.15) is 11.9 Å². The van der Waals surface area contributed by atoms with Gasteiger partial charge < -0.3 is 16.0 Å². The first-order valence-electron chi connectivity index (χ1n) is 7.20. The van der Waals surface area contributed by atoms with Crippen LogP contribution in [0, 0.1) is 5.82 Å². The maximum absolute atomic E-state index is 13.5. The molecule has 0 fully saturated rings. The molecule has 0 aliphatic carbocycles. The molecule has 3 N–H and O–H groups in total. The number of carbonyl (C=O) groups excluding carboxylic acids is 2. The van der Waals surface area contributed by atoms with Crippen molar-refractivity contribution >= 4 is 17.6 Å². The molecule has 2 rings (SSSR count). The molecule has 0 aromatic heterocycles. The molecule has 0 saturated heterocycles. The first-order valence-corrected chi connectivity index (χ1v) is 7.20. The van der Waals surface area contributed by atoms with Gasteiger partial charge in [0, 0.05) is 17.8 Å². The van der Waals surface area contributed by atoms with Gasteiger partial charge in [0.25, 0.3) is 0 Å². The fourth-order valence-corrected chi connectivity index (χ4v) is 1.93. The Hall–Kier alpha value is -2.89. The summed E-state index contributed by atoms with van der Waals surface area (Å²) in [5.41, 5.74) is 1.02. The van der Waals surface area contributed by atoms with E-state index in [4.69, 9.17) is 0 Å². The van der Waals surface area contributed by atoms with Gasteiger partial charge in [-0.05, 0) is 25.1 Å². The number of hydrogen-bond acceptors (Lipinski definition) is 2. The van der Waals surface area contributed by atoms with E-state index in [0.717, 1.165) is 0 Å². The van der Waals surface area contributed by atoms with E-state index in [2.05, 4.69) is 16.0 Å². The summed E-state index contributed by atoms with van der Waals surface area (Å²) in [6.45, 7) is 1.62. The number of halogens is 1. The maximum Gasteiger partial charge on any atom is 0.319 e. The van der Waals surface area contributed by atoms with Crippen molar-refractivity contribution in [1.82, 2.24) is 10.6 Å². The van der Waals surface area contributed by atoms with Crippen LogP contribution < -0.4 is 16.0 Å². The summed E-state index contributed by atoms with van der Waals surface area (Å²) in [6.07, 6.45) is 0. The van der Waals surface area contributed by atoms with E-state index in [9.17, 15) is 14.0 Å². The number of hydrogen-bond donors (Lipinski definition) is 3. The van der Waals surface area contributed by atoms with Crippen LogP contribution in [0.3, 0.4) is 0 Å². The maximum atomic E-state index is 13.5. The molecule has 6 heteroatoms. The van der Waals surface area contributed by atoms with Crippen molar-refractivity contribution in [3.8, 4) is 0 Å². The number of para-hydroxylation sites is 1. The van der Waals surface area contributed by atoms with Crippen LogP contribution in [0.2, 0.25) is 0 Å². The normalized spacial score (nSPS) is 11.4. The number of benzene rings is 2. The first kappa shape index (κ1) is 16.5. The fourth-order valence-electron chi connectivity index (χ4n) is 1.93. The van der Waals surface area contributed by atoms with E-state index in [-0.39, 0.29) is 12.4 Å². The predicted molar refractivity (Wildman–Crippen MR) is 86.3 cm³/mol. The SMILES string of the molecule is C[C@@H](NC(=O)Nc1ccccc1)C(=O)NCc1ccccc1F. The van der Waals surface area contributed by atoms with Crippen LogP contribution in [0.25, 0.3) is 0 Å². The van der Waals surface area contributed by atoms with E-state index in [1.807, 2.05) is 6.07 Å². The minimum Gasteiger partial charge on any atom is -0.350 e. The highest BCUT2D eigenvalue weighted by Crippen LogP contribution is 2.06. The predicted octanol–water partition coefficient (Wildman–Crippen LogP) is 2.65. The molecule has 2 aromatic rings. The topological polar surface area (TPSA) is 70.2 Å². The number of urea groups is 1. The fraction of sp³-hybridized carbons (Fsp3) is 0.176. The Morgan fingerprint density at radius 3 is 2.39 bits per heavy atom. The molecular weight excluding hydrogens is 297 g/mol. The van der Waals surface area contributed by atoms with E-state index >= 15 is 0 Å². The number of rotatable bonds is 5. The van der Waals surface area contributed by atoms with Gasteiger partial charge >= 0.3 is 6.03 Å². The highest BCUT2D eigenvalue weighted by atomic mass is 19.1. The van der Waals surface area contributed by atoms with Gasteiger partial charge in [0.15, 0.2) is 0 Å². The van der Waals surface area contributed by atoms with Crippen LogP contribution in [-0.2, 0) is 11.3 Å².